The van der Waals surface area contributed by atoms with E-state index >= 15 is 0 Å². The lowest BCUT2D eigenvalue weighted by molar-refractivity contribution is 0.0171. The molecule has 1 aliphatic heterocycles. The molecule has 0 amide bonds. The molecule has 1 aliphatic rings. The summed E-state index contributed by atoms with van der Waals surface area (Å²) in [6.07, 6.45) is 4.43. The highest BCUT2D eigenvalue weighted by atomic mass is 28.4. The smallest absolute Gasteiger partial charge is 0.368 e. The zero-order chi connectivity index (χ0) is 12.6. The molecule has 1 fully saturated rings. The van der Waals surface area contributed by atoms with Crippen LogP contribution in [0.4, 0.5) is 0 Å². The fourth-order valence-corrected chi connectivity index (χ4v) is 6.21. The first-order chi connectivity index (χ1) is 8.29. The average Bonchev–Trinajstić information content (AvgIpc) is 2.37. The highest BCUT2D eigenvalue weighted by Crippen LogP contribution is 2.28. The van der Waals surface area contributed by atoms with E-state index in [4.69, 9.17) is 19.3 Å². The Balaban J connectivity index is 2.70. The van der Waals surface area contributed by atoms with Crippen LogP contribution >= 0.6 is 0 Å². The number of rotatable bonds is 8. The first-order valence-electron chi connectivity index (χ1n) is 6.88. The molecular formula is C12H27NO3Si. The Bertz CT molecular complexity index is 192. The van der Waals surface area contributed by atoms with Crippen LogP contribution in [0.2, 0.25) is 6.04 Å². The molecule has 0 saturated carbocycles. The fourth-order valence-electron chi connectivity index (χ4n) is 2.46. The molecule has 2 N–H and O–H groups in total. The lowest BCUT2D eigenvalue weighted by atomic mass is 10.2. The van der Waals surface area contributed by atoms with Crippen molar-refractivity contribution in [2.45, 2.75) is 51.3 Å². The Morgan fingerprint density at radius 2 is 1.94 bits per heavy atom. The Kier molecular flexibility index (Phi) is 7.30. The minimum Gasteiger partial charge on any atom is -0.393 e. The molecule has 0 aromatic rings. The summed E-state index contributed by atoms with van der Waals surface area (Å²) < 4.78 is 18.0. The highest BCUT2D eigenvalue weighted by Gasteiger charge is 2.46. The van der Waals surface area contributed by atoms with Crippen molar-refractivity contribution in [2.24, 2.45) is 5.73 Å². The van der Waals surface area contributed by atoms with E-state index in [1.165, 1.54) is 6.42 Å². The van der Waals surface area contributed by atoms with Gasteiger partial charge in [0.05, 0.1) is 0 Å². The van der Waals surface area contributed by atoms with Gasteiger partial charge in [-0.3, -0.25) is 0 Å². The van der Waals surface area contributed by atoms with Gasteiger partial charge in [0, 0.05) is 19.8 Å². The third-order valence-electron chi connectivity index (χ3n) is 3.18. The highest BCUT2D eigenvalue weighted by molar-refractivity contribution is 6.68. The molecule has 0 radical (unpaired) electrons. The molecule has 102 valence electrons. The number of nitrogens with two attached hydrogens (primary N) is 1. The molecule has 0 aliphatic carbocycles. The quantitative estimate of drug-likeness (QED) is 0.679. The van der Waals surface area contributed by atoms with E-state index in [2.05, 4.69) is 0 Å². The largest absolute Gasteiger partial charge is 0.393 e. The lowest BCUT2D eigenvalue weighted by Gasteiger charge is -2.38. The number of hydrogen-bond acceptors (Lipinski definition) is 4. The standard InChI is InChI=1S/C12H27NO3Si/c1-3-15-17(16-4-2,11-7-9-13)12-8-5-6-10-14-12/h12H,3-11,13H2,1-2H3. The summed E-state index contributed by atoms with van der Waals surface area (Å²) in [7, 11) is -2.22. The predicted molar refractivity (Wildman–Crippen MR) is 71.1 cm³/mol. The van der Waals surface area contributed by atoms with E-state index in [1.54, 1.807) is 0 Å². The molecule has 0 spiro atoms. The molecule has 1 atom stereocenters. The molecular weight excluding hydrogens is 234 g/mol. The van der Waals surface area contributed by atoms with Gasteiger partial charge in [-0.2, -0.15) is 0 Å². The second-order valence-electron chi connectivity index (χ2n) is 4.43. The van der Waals surface area contributed by atoms with Crippen molar-refractivity contribution < 1.29 is 13.6 Å². The van der Waals surface area contributed by atoms with Crippen molar-refractivity contribution in [1.29, 1.82) is 0 Å². The summed E-state index contributed by atoms with van der Waals surface area (Å²) in [4.78, 5) is 0. The molecule has 0 bridgehead atoms. The Hall–Kier alpha value is 0.0569. The van der Waals surface area contributed by atoms with Crippen molar-refractivity contribution in [3.05, 3.63) is 0 Å². The van der Waals surface area contributed by atoms with Gasteiger partial charge in [0.15, 0.2) is 0 Å². The maximum Gasteiger partial charge on any atom is 0.368 e. The zero-order valence-electron chi connectivity index (χ0n) is 11.2. The third kappa shape index (κ3) is 4.33. The van der Waals surface area contributed by atoms with Crippen molar-refractivity contribution in [2.75, 3.05) is 26.4 Å². The van der Waals surface area contributed by atoms with E-state index < -0.39 is 8.56 Å². The van der Waals surface area contributed by atoms with Gasteiger partial charge in [-0.05, 0) is 52.1 Å². The van der Waals surface area contributed by atoms with Gasteiger partial charge < -0.3 is 19.3 Å². The minimum atomic E-state index is -2.22. The first kappa shape index (κ1) is 15.1. The van der Waals surface area contributed by atoms with Crippen LogP contribution in [0.15, 0.2) is 0 Å². The first-order valence-corrected chi connectivity index (χ1v) is 8.98. The van der Waals surface area contributed by atoms with E-state index in [9.17, 15) is 0 Å². The van der Waals surface area contributed by atoms with Gasteiger partial charge in [-0.15, -0.1) is 0 Å². The van der Waals surface area contributed by atoms with Gasteiger partial charge in [0.2, 0.25) is 0 Å². The van der Waals surface area contributed by atoms with Crippen LogP contribution < -0.4 is 5.73 Å². The molecule has 4 nitrogen and oxygen atoms in total. The predicted octanol–water partition coefficient (Wildman–Crippen LogP) is 1.96. The summed E-state index contributed by atoms with van der Waals surface area (Å²) in [6.45, 7) is 7.02. The van der Waals surface area contributed by atoms with Crippen LogP contribution in [0.25, 0.3) is 0 Å². The van der Waals surface area contributed by atoms with Crippen LogP contribution in [0.1, 0.15) is 39.5 Å². The molecule has 17 heavy (non-hydrogen) atoms. The summed E-state index contributed by atoms with van der Waals surface area (Å²) in [5.41, 5.74) is 5.82. The average molecular weight is 261 g/mol. The Morgan fingerprint density at radius 3 is 2.41 bits per heavy atom. The molecule has 5 heteroatoms. The van der Waals surface area contributed by atoms with Crippen molar-refractivity contribution >= 4 is 8.56 Å². The second-order valence-corrected chi connectivity index (χ2v) is 7.77. The van der Waals surface area contributed by atoms with E-state index in [0.29, 0.717) is 19.8 Å². The van der Waals surface area contributed by atoms with E-state index in [-0.39, 0.29) is 5.73 Å². The van der Waals surface area contributed by atoms with Crippen LogP contribution in [-0.2, 0) is 13.6 Å². The van der Waals surface area contributed by atoms with Gasteiger partial charge in [0.25, 0.3) is 0 Å². The van der Waals surface area contributed by atoms with Gasteiger partial charge in [0.1, 0.15) is 5.73 Å². The molecule has 1 saturated heterocycles. The zero-order valence-corrected chi connectivity index (χ0v) is 12.2. The second kappa shape index (κ2) is 8.21. The van der Waals surface area contributed by atoms with Gasteiger partial charge in [-0.25, -0.2) is 0 Å². The van der Waals surface area contributed by atoms with Crippen LogP contribution in [0, 0.1) is 0 Å². The normalized spacial score (nSPS) is 21.7. The summed E-state index contributed by atoms with van der Waals surface area (Å²) in [5, 5.41) is 0. The molecule has 1 heterocycles. The van der Waals surface area contributed by atoms with Crippen LogP contribution in [0.5, 0.6) is 0 Å². The summed E-state index contributed by atoms with van der Waals surface area (Å²) >= 11 is 0. The molecule has 0 aromatic carbocycles. The van der Waals surface area contributed by atoms with Crippen LogP contribution in [-0.4, -0.2) is 40.7 Å². The maximum atomic E-state index is 6.05. The SMILES string of the molecule is CCO[Si](CCCN)(OCC)C1CCCCO1. The fraction of sp³-hybridized carbons (Fsp3) is 1.00. The topological polar surface area (TPSA) is 53.7 Å². The van der Waals surface area contributed by atoms with E-state index in [1.807, 2.05) is 13.8 Å². The lowest BCUT2D eigenvalue weighted by Crippen LogP contribution is -2.56. The van der Waals surface area contributed by atoms with Crippen molar-refractivity contribution in [3.63, 3.8) is 0 Å². The summed E-state index contributed by atoms with van der Waals surface area (Å²) in [5.74, 6) is 0. The summed E-state index contributed by atoms with van der Waals surface area (Å²) in [6, 6.07) is 0.954. The van der Waals surface area contributed by atoms with E-state index in [0.717, 1.165) is 31.9 Å². The van der Waals surface area contributed by atoms with Crippen molar-refractivity contribution in [1.82, 2.24) is 0 Å². The monoisotopic (exact) mass is 261 g/mol. The number of ether oxygens (including phenoxy) is 1. The maximum absolute atomic E-state index is 6.05. The number of hydrogen-bond donors (Lipinski definition) is 1. The minimum absolute atomic E-state index is 0.197. The van der Waals surface area contributed by atoms with Crippen molar-refractivity contribution in [3.8, 4) is 0 Å². The van der Waals surface area contributed by atoms with Gasteiger partial charge >= 0.3 is 8.56 Å². The third-order valence-corrected chi connectivity index (χ3v) is 7.22. The molecule has 1 rings (SSSR count). The van der Waals surface area contributed by atoms with Crippen LogP contribution in [0.3, 0.4) is 0 Å². The molecule has 1 unspecified atom stereocenters. The van der Waals surface area contributed by atoms with Gasteiger partial charge in [-0.1, -0.05) is 0 Å². The Morgan fingerprint density at radius 1 is 1.24 bits per heavy atom. The molecule has 0 aromatic heterocycles. The Labute approximate surface area is 106 Å².